The Morgan fingerprint density at radius 3 is 1.95 bits per heavy atom. The molecular weight excluding hydrogens is 268 g/mol. The van der Waals surface area contributed by atoms with E-state index in [1.807, 2.05) is 0 Å². The lowest BCUT2D eigenvalue weighted by atomic mass is 9.86. The molecule has 0 radical (unpaired) electrons. The molecule has 0 aliphatic heterocycles. The molecule has 0 bridgehead atoms. The van der Waals surface area contributed by atoms with Gasteiger partial charge in [0, 0.05) is 0 Å². The Morgan fingerprint density at radius 2 is 1.50 bits per heavy atom. The lowest BCUT2D eigenvalue weighted by Crippen LogP contribution is -2.60. The largest absolute Gasteiger partial charge is 0.479 e. The van der Waals surface area contributed by atoms with Crippen LogP contribution in [0, 0.1) is 0 Å². The van der Waals surface area contributed by atoms with Crippen molar-refractivity contribution in [1.29, 1.82) is 0 Å². The summed E-state index contributed by atoms with van der Waals surface area (Å²) in [6.07, 6.45) is 0. The number of aliphatic hydroxyl groups is 2. The van der Waals surface area contributed by atoms with E-state index in [1.165, 1.54) is 24.3 Å². The van der Waals surface area contributed by atoms with E-state index < -0.39 is 29.1 Å². The van der Waals surface area contributed by atoms with Crippen LogP contribution in [0.1, 0.15) is 24.2 Å². The zero-order chi connectivity index (χ0) is 15.6. The van der Waals surface area contributed by atoms with Gasteiger partial charge in [0.15, 0.2) is 11.2 Å². The number of ether oxygens (including phenoxy) is 1. The van der Waals surface area contributed by atoms with Crippen LogP contribution in [-0.4, -0.2) is 44.4 Å². The van der Waals surface area contributed by atoms with Crippen LogP contribution in [0.25, 0.3) is 0 Å². The van der Waals surface area contributed by atoms with Crippen molar-refractivity contribution in [3.05, 3.63) is 35.9 Å². The standard InChI is InChI=1S/C13H14O7/c1-12(18,10(15)16)13(2,19)11(17)20-9(14)8-6-4-3-5-7-8/h3-7,18-19H,1-2H3,(H,15,16). The number of carbonyl (C=O) groups is 3. The molecule has 2 unspecified atom stereocenters. The predicted molar refractivity (Wildman–Crippen MR) is 65.7 cm³/mol. The Kier molecular flexibility index (Phi) is 4.26. The average molecular weight is 282 g/mol. The summed E-state index contributed by atoms with van der Waals surface area (Å²) in [5.74, 6) is -4.44. The number of carboxylic acid groups (broad SMARTS) is 1. The fourth-order valence-corrected chi connectivity index (χ4v) is 1.22. The van der Waals surface area contributed by atoms with Crippen molar-refractivity contribution in [2.75, 3.05) is 0 Å². The van der Waals surface area contributed by atoms with E-state index in [0.29, 0.717) is 0 Å². The Labute approximate surface area is 114 Å². The average Bonchev–Trinajstić information content (AvgIpc) is 2.39. The van der Waals surface area contributed by atoms with E-state index in [-0.39, 0.29) is 5.56 Å². The second-order valence-corrected chi connectivity index (χ2v) is 4.49. The van der Waals surface area contributed by atoms with Crippen LogP contribution in [0.2, 0.25) is 0 Å². The maximum absolute atomic E-state index is 11.7. The zero-order valence-electron chi connectivity index (χ0n) is 10.9. The van der Waals surface area contributed by atoms with Crippen LogP contribution in [0.4, 0.5) is 0 Å². The molecule has 20 heavy (non-hydrogen) atoms. The minimum Gasteiger partial charge on any atom is -0.479 e. The lowest BCUT2D eigenvalue weighted by Gasteiger charge is -2.31. The number of esters is 2. The minimum absolute atomic E-state index is 0.0478. The Balaban J connectivity index is 2.91. The van der Waals surface area contributed by atoms with Gasteiger partial charge in [-0.3, -0.25) is 0 Å². The summed E-state index contributed by atoms with van der Waals surface area (Å²) in [5.41, 5.74) is -5.55. The van der Waals surface area contributed by atoms with Gasteiger partial charge in [0.25, 0.3) is 0 Å². The topological polar surface area (TPSA) is 121 Å². The Morgan fingerprint density at radius 1 is 1.00 bits per heavy atom. The predicted octanol–water partition coefficient (Wildman–Crippen LogP) is -0.0434. The first-order valence-corrected chi connectivity index (χ1v) is 5.60. The molecule has 1 aromatic rings. The molecule has 0 fully saturated rings. The number of hydrogen-bond acceptors (Lipinski definition) is 6. The second-order valence-electron chi connectivity index (χ2n) is 4.49. The first-order valence-electron chi connectivity index (χ1n) is 5.60. The van der Waals surface area contributed by atoms with E-state index in [0.717, 1.165) is 13.8 Å². The van der Waals surface area contributed by atoms with Crippen molar-refractivity contribution in [2.45, 2.75) is 25.0 Å². The van der Waals surface area contributed by atoms with E-state index in [2.05, 4.69) is 4.74 Å². The number of benzene rings is 1. The van der Waals surface area contributed by atoms with Crippen LogP contribution < -0.4 is 0 Å². The van der Waals surface area contributed by atoms with Crippen LogP contribution in [0.5, 0.6) is 0 Å². The van der Waals surface area contributed by atoms with Crippen LogP contribution in [0.15, 0.2) is 30.3 Å². The fourth-order valence-electron chi connectivity index (χ4n) is 1.22. The molecule has 2 atom stereocenters. The molecule has 108 valence electrons. The molecule has 0 amide bonds. The van der Waals surface area contributed by atoms with Crippen molar-refractivity contribution in [1.82, 2.24) is 0 Å². The molecular formula is C13H14O7. The van der Waals surface area contributed by atoms with E-state index in [9.17, 15) is 24.6 Å². The number of hydrogen-bond donors (Lipinski definition) is 3. The fraction of sp³-hybridized carbons (Fsp3) is 0.308. The molecule has 0 aliphatic carbocycles. The monoisotopic (exact) mass is 282 g/mol. The van der Waals surface area contributed by atoms with E-state index >= 15 is 0 Å². The Hall–Kier alpha value is -2.25. The van der Waals surface area contributed by atoms with Gasteiger partial charge in [-0.15, -0.1) is 0 Å². The van der Waals surface area contributed by atoms with Gasteiger partial charge in [0.2, 0.25) is 0 Å². The van der Waals surface area contributed by atoms with Crippen molar-refractivity contribution < 1.29 is 34.4 Å². The minimum atomic E-state index is -2.80. The molecule has 0 saturated carbocycles. The van der Waals surface area contributed by atoms with Crippen molar-refractivity contribution in [3.63, 3.8) is 0 Å². The highest BCUT2D eigenvalue weighted by molar-refractivity contribution is 6.01. The summed E-state index contributed by atoms with van der Waals surface area (Å²) >= 11 is 0. The summed E-state index contributed by atoms with van der Waals surface area (Å²) in [7, 11) is 0. The SMILES string of the molecule is CC(O)(C(=O)O)C(C)(O)C(=O)OC(=O)c1ccccc1. The summed E-state index contributed by atoms with van der Waals surface area (Å²) in [5, 5.41) is 28.2. The quantitative estimate of drug-likeness (QED) is 0.523. The highest BCUT2D eigenvalue weighted by Crippen LogP contribution is 2.24. The third kappa shape index (κ3) is 2.84. The van der Waals surface area contributed by atoms with Gasteiger partial charge in [-0.1, -0.05) is 18.2 Å². The maximum atomic E-state index is 11.7. The summed E-state index contributed by atoms with van der Waals surface area (Å²) < 4.78 is 4.39. The summed E-state index contributed by atoms with van der Waals surface area (Å²) in [6.45, 7) is 1.48. The number of carbonyl (C=O) groups excluding carboxylic acids is 2. The number of rotatable bonds is 4. The van der Waals surface area contributed by atoms with Gasteiger partial charge in [0.05, 0.1) is 5.56 Å². The highest BCUT2D eigenvalue weighted by Gasteiger charge is 2.55. The van der Waals surface area contributed by atoms with Gasteiger partial charge >= 0.3 is 17.9 Å². The highest BCUT2D eigenvalue weighted by atomic mass is 16.6. The normalized spacial score (nSPS) is 16.6. The molecule has 0 aliphatic rings. The second kappa shape index (κ2) is 5.40. The summed E-state index contributed by atoms with van der Waals surface area (Å²) in [6, 6.07) is 7.46. The molecule has 7 nitrogen and oxygen atoms in total. The van der Waals surface area contributed by atoms with Gasteiger partial charge in [-0.2, -0.15) is 0 Å². The van der Waals surface area contributed by atoms with Crippen LogP contribution in [0.3, 0.4) is 0 Å². The van der Waals surface area contributed by atoms with Gasteiger partial charge < -0.3 is 20.1 Å². The molecule has 0 heterocycles. The molecule has 1 aromatic carbocycles. The lowest BCUT2D eigenvalue weighted by molar-refractivity contribution is -0.199. The van der Waals surface area contributed by atoms with Gasteiger partial charge in [-0.25, -0.2) is 14.4 Å². The molecule has 1 rings (SSSR count). The first-order chi connectivity index (χ1) is 9.10. The van der Waals surface area contributed by atoms with E-state index in [1.54, 1.807) is 6.07 Å². The molecule has 3 N–H and O–H groups in total. The van der Waals surface area contributed by atoms with Crippen LogP contribution in [-0.2, 0) is 14.3 Å². The molecule has 0 spiro atoms. The van der Waals surface area contributed by atoms with Gasteiger partial charge in [-0.05, 0) is 26.0 Å². The molecule has 0 saturated heterocycles. The number of carboxylic acids is 1. The first kappa shape index (κ1) is 15.8. The maximum Gasteiger partial charge on any atom is 0.349 e. The van der Waals surface area contributed by atoms with Crippen LogP contribution >= 0.6 is 0 Å². The van der Waals surface area contributed by atoms with E-state index in [4.69, 9.17) is 5.11 Å². The zero-order valence-corrected chi connectivity index (χ0v) is 10.9. The van der Waals surface area contributed by atoms with Crippen molar-refractivity contribution >= 4 is 17.9 Å². The molecule has 0 aromatic heterocycles. The van der Waals surface area contributed by atoms with Gasteiger partial charge in [0.1, 0.15) is 0 Å². The molecule has 7 heteroatoms. The Bertz CT molecular complexity index is 531. The third-order valence-electron chi connectivity index (χ3n) is 2.96. The summed E-state index contributed by atoms with van der Waals surface area (Å²) in [4.78, 5) is 34.1. The third-order valence-corrected chi connectivity index (χ3v) is 2.96. The van der Waals surface area contributed by atoms with Crippen molar-refractivity contribution in [3.8, 4) is 0 Å². The number of aliphatic carboxylic acids is 1. The smallest absolute Gasteiger partial charge is 0.349 e. The van der Waals surface area contributed by atoms with Crippen molar-refractivity contribution in [2.24, 2.45) is 0 Å².